The monoisotopic (exact) mass is 493 g/mol. The van der Waals surface area contributed by atoms with Crippen LogP contribution in [0.4, 0.5) is 15.2 Å². The number of hydrogen-bond acceptors (Lipinski definition) is 4. The van der Waals surface area contributed by atoms with Crippen LogP contribution in [0.1, 0.15) is 26.3 Å². The van der Waals surface area contributed by atoms with E-state index in [9.17, 15) is 14.0 Å². The molecule has 2 heterocycles. The number of carbonyl (C=O) groups excluding carboxylic acids is 2. The number of anilines is 2. The smallest absolute Gasteiger partial charge is 0.258 e. The predicted molar refractivity (Wildman–Crippen MR) is 141 cm³/mol. The summed E-state index contributed by atoms with van der Waals surface area (Å²) in [6, 6.07) is 25.1. The maximum atomic E-state index is 13.6. The average molecular weight is 494 g/mol. The minimum atomic E-state index is -0.428. The van der Waals surface area contributed by atoms with E-state index in [-0.39, 0.29) is 11.8 Å². The second-order valence-electron chi connectivity index (χ2n) is 8.61. The van der Waals surface area contributed by atoms with Gasteiger partial charge in [-0.3, -0.25) is 14.9 Å². The fourth-order valence-corrected chi connectivity index (χ4v) is 5.23. The molecule has 0 bridgehead atoms. The molecular formula is C29H20FN3O2S. The summed E-state index contributed by atoms with van der Waals surface area (Å²) in [5.41, 5.74) is 4.44. The van der Waals surface area contributed by atoms with E-state index in [4.69, 9.17) is 0 Å². The summed E-state index contributed by atoms with van der Waals surface area (Å²) >= 11 is 1.37. The zero-order chi connectivity index (χ0) is 24.6. The molecule has 0 radical (unpaired) electrons. The van der Waals surface area contributed by atoms with Gasteiger partial charge in [-0.15, -0.1) is 11.3 Å². The Morgan fingerprint density at radius 3 is 2.61 bits per heavy atom. The van der Waals surface area contributed by atoms with E-state index in [1.807, 2.05) is 66.0 Å². The lowest BCUT2D eigenvalue weighted by atomic mass is 10.1. The van der Waals surface area contributed by atoms with Crippen LogP contribution in [0.5, 0.6) is 0 Å². The van der Waals surface area contributed by atoms with Crippen molar-refractivity contribution in [1.29, 1.82) is 0 Å². The van der Waals surface area contributed by atoms with E-state index in [0.717, 1.165) is 33.3 Å². The van der Waals surface area contributed by atoms with Crippen molar-refractivity contribution in [3.05, 3.63) is 113 Å². The van der Waals surface area contributed by atoms with Crippen LogP contribution < -0.4 is 10.2 Å². The van der Waals surface area contributed by atoms with Crippen LogP contribution in [-0.4, -0.2) is 23.3 Å². The molecule has 0 spiro atoms. The number of nitrogens with one attached hydrogen (secondary N) is 1. The van der Waals surface area contributed by atoms with Gasteiger partial charge in [0.2, 0.25) is 0 Å². The average Bonchev–Trinajstić information content (AvgIpc) is 3.54. The lowest BCUT2D eigenvalue weighted by Gasteiger charge is -2.17. The Bertz CT molecular complexity index is 1640. The largest absolute Gasteiger partial charge is 0.308 e. The lowest BCUT2D eigenvalue weighted by molar-refractivity contribution is 0.0987. The second kappa shape index (κ2) is 9.02. The van der Waals surface area contributed by atoms with Crippen LogP contribution in [0.3, 0.4) is 0 Å². The Hall–Kier alpha value is -4.36. The molecule has 1 aliphatic heterocycles. The van der Waals surface area contributed by atoms with E-state index in [1.165, 1.54) is 23.5 Å². The van der Waals surface area contributed by atoms with E-state index in [0.29, 0.717) is 29.2 Å². The number of rotatable bonds is 4. The molecule has 2 amide bonds. The summed E-state index contributed by atoms with van der Waals surface area (Å²) in [7, 11) is 0. The Balaban J connectivity index is 1.19. The minimum Gasteiger partial charge on any atom is -0.308 e. The number of hydrogen-bond donors (Lipinski definition) is 1. The van der Waals surface area contributed by atoms with E-state index in [2.05, 4.69) is 10.3 Å². The Morgan fingerprint density at radius 2 is 1.75 bits per heavy atom. The molecule has 4 aromatic carbocycles. The summed E-state index contributed by atoms with van der Waals surface area (Å²) in [5, 5.41) is 7.41. The third kappa shape index (κ3) is 4.14. The Labute approximate surface area is 210 Å². The number of benzene rings is 4. The molecule has 36 heavy (non-hydrogen) atoms. The van der Waals surface area contributed by atoms with Crippen molar-refractivity contribution < 1.29 is 14.0 Å². The summed E-state index contributed by atoms with van der Waals surface area (Å²) in [5.74, 6) is -0.849. The maximum Gasteiger partial charge on any atom is 0.258 e. The quantitative estimate of drug-likeness (QED) is 0.309. The molecular weight excluding hydrogens is 473 g/mol. The molecule has 0 atom stereocenters. The second-order valence-corrected chi connectivity index (χ2v) is 9.47. The van der Waals surface area contributed by atoms with Gasteiger partial charge in [-0.05, 0) is 65.2 Å². The third-order valence-corrected chi connectivity index (χ3v) is 7.08. The molecule has 5 aromatic rings. The van der Waals surface area contributed by atoms with Gasteiger partial charge in [-0.25, -0.2) is 9.37 Å². The van der Waals surface area contributed by atoms with Gasteiger partial charge >= 0.3 is 0 Å². The molecule has 1 N–H and O–H groups in total. The molecule has 1 aromatic heterocycles. The maximum absolute atomic E-state index is 13.6. The van der Waals surface area contributed by atoms with Crippen molar-refractivity contribution in [3.8, 4) is 11.3 Å². The number of nitrogens with zero attached hydrogens (tertiary/aromatic N) is 2. The Kier molecular flexibility index (Phi) is 5.54. The summed E-state index contributed by atoms with van der Waals surface area (Å²) in [6.07, 6.45) is 0.708. The fraction of sp³-hybridized carbons (Fsp3) is 0.0690. The highest BCUT2D eigenvalue weighted by Crippen LogP contribution is 2.34. The zero-order valence-electron chi connectivity index (χ0n) is 19.1. The van der Waals surface area contributed by atoms with Crippen LogP contribution in [0.15, 0.2) is 90.3 Å². The summed E-state index contributed by atoms with van der Waals surface area (Å²) in [6.45, 7) is 0.540. The first kappa shape index (κ1) is 22.1. The number of carbonyl (C=O) groups is 2. The molecule has 1 aliphatic rings. The van der Waals surface area contributed by atoms with Gasteiger partial charge in [0.1, 0.15) is 5.82 Å². The first-order chi connectivity index (χ1) is 17.5. The van der Waals surface area contributed by atoms with Crippen molar-refractivity contribution in [2.45, 2.75) is 6.42 Å². The molecule has 0 saturated carbocycles. The molecule has 0 fully saturated rings. The molecule has 5 nitrogen and oxygen atoms in total. The van der Waals surface area contributed by atoms with Crippen molar-refractivity contribution in [2.24, 2.45) is 0 Å². The fourth-order valence-electron chi connectivity index (χ4n) is 4.51. The SMILES string of the molecule is O=C(Nc1nc(-c2ccc3c(c2)CCN3C(=O)c2cccc(F)c2)cs1)c1ccc2ccccc2c1. The molecule has 6 rings (SSSR count). The zero-order valence-corrected chi connectivity index (χ0v) is 19.9. The van der Waals surface area contributed by atoms with Crippen molar-refractivity contribution in [3.63, 3.8) is 0 Å². The molecule has 0 aliphatic carbocycles. The van der Waals surface area contributed by atoms with Crippen LogP contribution in [-0.2, 0) is 6.42 Å². The van der Waals surface area contributed by atoms with Crippen molar-refractivity contribution in [1.82, 2.24) is 4.98 Å². The summed E-state index contributed by atoms with van der Waals surface area (Å²) in [4.78, 5) is 32.0. The number of aromatic nitrogens is 1. The van der Waals surface area contributed by atoms with E-state index >= 15 is 0 Å². The van der Waals surface area contributed by atoms with Crippen LogP contribution in [0.2, 0.25) is 0 Å². The van der Waals surface area contributed by atoms with Gasteiger partial charge in [-0.2, -0.15) is 0 Å². The summed E-state index contributed by atoms with van der Waals surface area (Å²) < 4.78 is 13.6. The lowest BCUT2D eigenvalue weighted by Crippen LogP contribution is -2.28. The minimum absolute atomic E-state index is 0.206. The third-order valence-electron chi connectivity index (χ3n) is 6.32. The van der Waals surface area contributed by atoms with E-state index in [1.54, 1.807) is 17.0 Å². The highest BCUT2D eigenvalue weighted by molar-refractivity contribution is 7.14. The Morgan fingerprint density at radius 1 is 0.889 bits per heavy atom. The normalized spacial score (nSPS) is 12.5. The van der Waals surface area contributed by atoms with Crippen molar-refractivity contribution >= 4 is 44.7 Å². The van der Waals surface area contributed by atoms with E-state index < -0.39 is 5.82 Å². The van der Waals surface area contributed by atoms with Crippen molar-refractivity contribution in [2.75, 3.05) is 16.8 Å². The first-order valence-electron chi connectivity index (χ1n) is 11.5. The molecule has 176 valence electrons. The van der Waals surface area contributed by atoms with Gasteiger partial charge in [0.15, 0.2) is 5.13 Å². The van der Waals surface area contributed by atoms with Crippen LogP contribution in [0, 0.1) is 5.82 Å². The van der Waals surface area contributed by atoms with Gasteiger partial charge in [-0.1, -0.05) is 42.5 Å². The number of halogens is 1. The number of thiazole rings is 1. The molecule has 0 unspecified atom stereocenters. The van der Waals surface area contributed by atoms with Gasteiger partial charge in [0.05, 0.1) is 5.69 Å². The standard InChI is InChI=1S/C29H20FN3O2S/c30-24-7-3-6-23(16-24)28(35)33-13-12-21-15-20(10-11-26(21)33)25-17-36-29(31-25)32-27(34)22-9-8-18-4-1-2-5-19(18)14-22/h1-11,14-17H,12-13H2,(H,31,32,34). The van der Waals surface area contributed by atoms with Gasteiger partial charge in [0.25, 0.3) is 11.8 Å². The van der Waals surface area contributed by atoms with Gasteiger partial charge < -0.3 is 4.90 Å². The topological polar surface area (TPSA) is 62.3 Å². The highest BCUT2D eigenvalue weighted by Gasteiger charge is 2.26. The van der Waals surface area contributed by atoms with Crippen LogP contribution >= 0.6 is 11.3 Å². The number of fused-ring (bicyclic) bond motifs is 2. The van der Waals surface area contributed by atoms with Gasteiger partial charge in [0, 0.05) is 34.3 Å². The first-order valence-corrected chi connectivity index (χ1v) is 12.4. The molecule has 7 heteroatoms. The molecule has 0 saturated heterocycles. The predicted octanol–water partition coefficient (Wildman–Crippen LogP) is 6.56. The highest BCUT2D eigenvalue weighted by atomic mass is 32.1. The number of amides is 2. The van der Waals surface area contributed by atoms with Crippen LogP contribution in [0.25, 0.3) is 22.0 Å².